The van der Waals surface area contributed by atoms with Crippen LogP contribution in [-0.2, 0) is 22.6 Å². The van der Waals surface area contributed by atoms with Gasteiger partial charge in [0.05, 0.1) is 6.42 Å². The lowest BCUT2D eigenvalue weighted by Gasteiger charge is -2.36. The molecule has 1 aliphatic heterocycles. The SMILES string of the molecule is C[C@H](NC(=O)Cc1cccs1)C(=O)N1CCN(Cc2ccccc2)CC1. The van der Waals surface area contributed by atoms with E-state index in [-0.39, 0.29) is 11.8 Å². The molecule has 2 heterocycles. The molecule has 1 N–H and O–H groups in total. The van der Waals surface area contributed by atoms with E-state index in [9.17, 15) is 9.59 Å². The smallest absolute Gasteiger partial charge is 0.244 e. The monoisotopic (exact) mass is 371 g/mol. The molecule has 0 aliphatic carbocycles. The highest BCUT2D eigenvalue weighted by atomic mass is 32.1. The van der Waals surface area contributed by atoms with Gasteiger partial charge in [-0.15, -0.1) is 11.3 Å². The minimum absolute atomic E-state index is 0.00360. The zero-order chi connectivity index (χ0) is 18.4. The molecule has 1 saturated heterocycles. The van der Waals surface area contributed by atoms with Crippen LogP contribution in [-0.4, -0.2) is 53.8 Å². The maximum atomic E-state index is 12.6. The van der Waals surface area contributed by atoms with Crippen molar-refractivity contribution in [3.05, 3.63) is 58.3 Å². The van der Waals surface area contributed by atoms with Crippen molar-refractivity contribution in [3.63, 3.8) is 0 Å². The molecular formula is C20H25N3O2S. The summed E-state index contributed by atoms with van der Waals surface area (Å²) in [7, 11) is 0. The van der Waals surface area contributed by atoms with E-state index in [0.29, 0.717) is 19.5 Å². The largest absolute Gasteiger partial charge is 0.344 e. The average Bonchev–Trinajstić information content (AvgIpc) is 3.15. The van der Waals surface area contributed by atoms with Gasteiger partial charge in [0.2, 0.25) is 11.8 Å². The van der Waals surface area contributed by atoms with E-state index < -0.39 is 6.04 Å². The molecule has 0 radical (unpaired) electrons. The number of carbonyl (C=O) groups is 2. The first-order chi connectivity index (χ1) is 12.6. The van der Waals surface area contributed by atoms with E-state index in [0.717, 1.165) is 24.5 Å². The molecule has 0 bridgehead atoms. The number of nitrogens with one attached hydrogen (secondary N) is 1. The Labute approximate surface area is 158 Å². The van der Waals surface area contributed by atoms with Crippen LogP contribution in [0.1, 0.15) is 17.4 Å². The summed E-state index contributed by atoms with van der Waals surface area (Å²) in [6.45, 7) is 5.81. The summed E-state index contributed by atoms with van der Waals surface area (Å²) < 4.78 is 0. The van der Waals surface area contributed by atoms with Gasteiger partial charge in [-0.25, -0.2) is 0 Å². The Balaban J connectivity index is 1.43. The first kappa shape index (κ1) is 18.6. The van der Waals surface area contributed by atoms with Gasteiger partial charge in [-0.05, 0) is 23.9 Å². The second kappa shape index (κ2) is 8.96. The third-order valence-electron chi connectivity index (χ3n) is 4.60. The molecule has 1 aromatic heterocycles. The summed E-state index contributed by atoms with van der Waals surface area (Å²) in [5.74, 6) is -0.0973. The Kier molecular flexibility index (Phi) is 6.41. The van der Waals surface area contributed by atoms with E-state index in [2.05, 4.69) is 34.5 Å². The molecule has 26 heavy (non-hydrogen) atoms. The fraction of sp³-hybridized carbons (Fsp3) is 0.400. The molecule has 2 aromatic rings. The molecule has 0 unspecified atom stereocenters. The third-order valence-corrected chi connectivity index (χ3v) is 5.47. The van der Waals surface area contributed by atoms with E-state index in [1.807, 2.05) is 28.5 Å². The molecule has 138 valence electrons. The summed E-state index contributed by atoms with van der Waals surface area (Å²) in [5, 5.41) is 4.78. The van der Waals surface area contributed by atoms with Crippen LogP contribution in [0.5, 0.6) is 0 Å². The van der Waals surface area contributed by atoms with Crippen LogP contribution in [0.15, 0.2) is 47.8 Å². The molecule has 3 rings (SSSR count). The van der Waals surface area contributed by atoms with Crippen LogP contribution in [0.3, 0.4) is 0 Å². The highest BCUT2D eigenvalue weighted by Crippen LogP contribution is 2.11. The molecule has 1 aliphatic rings. The lowest BCUT2D eigenvalue weighted by molar-refractivity contribution is -0.137. The van der Waals surface area contributed by atoms with Crippen molar-refractivity contribution in [2.45, 2.75) is 25.9 Å². The minimum Gasteiger partial charge on any atom is -0.344 e. The number of hydrogen-bond acceptors (Lipinski definition) is 4. The minimum atomic E-state index is -0.483. The first-order valence-electron chi connectivity index (χ1n) is 8.98. The van der Waals surface area contributed by atoms with Crippen LogP contribution in [0, 0.1) is 0 Å². The number of piperazine rings is 1. The van der Waals surface area contributed by atoms with E-state index in [4.69, 9.17) is 0 Å². The summed E-state index contributed by atoms with van der Waals surface area (Å²) >= 11 is 1.55. The maximum Gasteiger partial charge on any atom is 0.244 e. The van der Waals surface area contributed by atoms with Gasteiger partial charge in [-0.1, -0.05) is 36.4 Å². The fourth-order valence-corrected chi connectivity index (χ4v) is 3.87. The van der Waals surface area contributed by atoms with E-state index in [1.165, 1.54) is 5.56 Å². The zero-order valence-corrected chi connectivity index (χ0v) is 15.9. The lowest BCUT2D eigenvalue weighted by Crippen LogP contribution is -2.54. The average molecular weight is 372 g/mol. The first-order valence-corrected chi connectivity index (χ1v) is 9.86. The topological polar surface area (TPSA) is 52.7 Å². The fourth-order valence-electron chi connectivity index (χ4n) is 3.17. The predicted molar refractivity (Wildman–Crippen MR) is 104 cm³/mol. The second-order valence-corrected chi connectivity index (χ2v) is 7.66. The predicted octanol–water partition coefficient (Wildman–Crippen LogP) is 2.14. The lowest BCUT2D eigenvalue weighted by atomic mass is 10.2. The van der Waals surface area contributed by atoms with Gasteiger partial charge in [-0.3, -0.25) is 14.5 Å². The van der Waals surface area contributed by atoms with E-state index in [1.54, 1.807) is 18.3 Å². The van der Waals surface area contributed by atoms with Crippen LogP contribution >= 0.6 is 11.3 Å². The summed E-state index contributed by atoms with van der Waals surface area (Å²) in [6.07, 6.45) is 0.333. The Bertz CT molecular complexity index is 710. The summed E-state index contributed by atoms with van der Waals surface area (Å²) in [4.78, 5) is 29.9. The zero-order valence-electron chi connectivity index (χ0n) is 15.1. The van der Waals surface area contributed by atoms with Gasteiger partial charge >= 0.3 is 0 Å². The van der Waals surface area contributed by atoms with Crippen molar-refractivity contribution >= 4 is 23.2 Å². The standard InChI is InChI=1S/C20H25N3O2S/c1-16(21-19(24)14-18-8-5-13-26-18)20(25)23-11-9-22(10-12-23)15-17-6-3-2-4-7-17/h2-8,13,16H,9-12,14-15H2,1H3,(H,21,24)/t16-/m0/s1. The number of thiophene rings is 1. The molecule has 1 aromatic carbocycles. The van der Waals surface area contributed by atoms with Crippen LogP contribution in [0.4, 0.5) is 0 Å². The Hall–Kier alpha value is -2.18. The van der Waals surface area contributed by atoms with Crippen LogP contribution < -0.4 is 5.32 Å². The van der Waals surface area contributed by atoms with Crippen molar-refractivity contribution in [2.24, 2.45) is 0 Å². The van der Waals surface area contributed by atoms with Crippen molar-refractivity contribution in [1.29, 1.82) is 0 Å². The number of amides is 2. The number of nitrogens with zero attached hydrogens (tertiary/aromatic N) is 2. The molecule has 1 atom stereocenters. The molecule has 0 spiro atoms. The van der Waals surface area contributed by atoms with Crippen molar-refractivity contribution in [2.75, 3.05) is 26.2 Å². The van der Waals surface area contributed by atoms with Crippen LogP contribution in [0.2, 0.25) is 0 Å². The number of benzene rings is 1. The Morgan fingerprint density at radius 1 is 1.08 bits per heavy atom. The second-order valence-electron chi connectivity index (χ2n) is 6.63. The maximum absolute atomic E-state index is 12.6. The molecule has 1 fully saturated rings. The van der Waals surface area contributed by atoms with E-state index >= 15 is 0 Å². The van der Waals surface area contributed by atoms with Crippen molar-refractivity contribution < 1.29 is 9.59 Å². The van der Waals surface area contributed by atoms with Crippen molar-refractivity contribution in [3.8, 4) is 0 Å². The Morgan fingerprint density at radius 2 is 1.81 bits per heavy atom. The van der Waals surface area contributed by atoms with Gasteiger partial charge in [0.25, 0.3) is 0 Å². The molecule has 0 saturated carbocycles. The van der Waals surface area contributed by atoms with Crippen molar-refractivity contribution in [1.82, 2.24) is 15.1 Å². The van der Waals surface area contributed by atoms with Crippen LogP contribution in [0.25, 0.3) is 0 Å². The molecule has 5 nitrogen and oxygen atoms in total. The quantitative estimate of drug-likeness (QED) is 0.846. The highest BCUT2D eigenvalue weighted by Gasteiger charge is 2.25. The van der Waals surface area contributed by atoms with Gasteiger partial charge in [-0.2, -0.15) is 0 Å². The van der Waals surface area contributed by atoms with Gasteiger partial charge < -0.3 is 10.2 Å². The molecule has 6 heteroatoms. The van der Waals surface area contributed by atoms with Gasteiger partial charge in [0, 0.05) is 37.6 Å². The number of rotatable bonds is 6. The normalized spacial score (nSPS) is 16.3. The Morgan fingerprint density at radius 3 is 2.46 bits per heavy atom. The van der Waals surface area contributed by atoms with Gasteiger partial charge in [0.15, 0.2) is 0 Å². The van der Waals surface area contributed by atoms with Gasteiger partial charge in [0.1, 0.15) is 6.04 Å². The number of carbonyl (C=O) groups excluding carboxylic acids is 2. The number of hydrogen-bond donors (Lipinski definition) is 1. The molecule has 2 amide bonds. The summed E-state index contributed by atoms with van der Waals surface area (Å²) in [6, 6.07) is 13.8. The highest BCUT2D eigenvalue weighted by molar-refractivity contribution is 7.10. The molecular weight excluding hydrogens is 346 g/mol. The third kappa shape index (κ3) is 5.16. The summed E-state index contributed by atoms with van der Waals surface area (Å²) in [5.41, 5.74) is 1.29.